The van der Waals surface area contributed by atoms with E-state index >= 15 is 0 Å². The number of aryl methyl sites for hydroxylation is 2. The highest BCUT2D eigenvalue weighted by Gasteiger charge is 2.37. The van der Waals surface area contributed by atoms with Crippen LogP contribution in [0.5, 0.6) is 0 Å². The third-order valence-electron chi connectivity index (χ3n) is 5.47. The number of terminal acetylenes is 1. The van der Waals surface area contributed by atoms with Crippen molar-refractivity contribution in [3.8, 4) is 12.5 Å². The van der Waals surface area contributed by atoms with Gasteiger partial charge < -0.3 is 15.4 Å². The SMILES string of the molecule is C#CN(C(=O)C(CC(C)C)NC(=O)OC(C)(C)C)C(C(=O)NCCCCC)c1c(C)cccc1C. The van der Waals surface area contributed by atoms with Crippen molar-refractivity contribution in [1.82, 2.24) is 15.5 Å². The van der Waals surface area contributed by atoms with Gasteiger partial charge in [0.2, 0.25) is 5.91 Å². The lowest BCUT2D eigenvalue weighted by Crippen LogP contribution is -2.52. The Bertz CT molecular complexity index is 892. The second kappa shape index (κ2) is 13.8. The number of carbonyl (C=O) groups excluding carboxylic acids is 3. The summed E-state index contributed by atoms with van der Waals surface area (Å²) < 4.78 is 5.37. The van der Waals surface area contributed by atoms with E-state index in [1.54, 1.807) is 20.8 Å². The van der Waals surface area contributed by atoms with Gasteiger partial charge in [-0.2, -0.15) is 0 Å². The number of hydrogen-bond donors (Lipinski definition) is 2. The number of nitrogens with one attached hydrogen (secondary N) is 2. The van der Waals surface area contributed by atoms with E-state index in [9.17, 15) is 14.4 Å². The highest BCUT2D eigenvalue weighted by molar-refractivity contribution is 5.93. The second-order valence-corrected chi connectivity index (χ2v) is 10.4. The molecule has 0 saturated carbocycles. The number of benzene rings is 1. The van der Waals surface area contributed by atoms with Crippen molar-refractivity contribution in [1.29, 1.82) is 0 Å². The van der Waals surface area contributed by atoms with E-state index in [0.29, 0.717) is 18.5 Å². The highest BCUT2D eigenvalue weighted by Crippen LogP contribution is 2.28. The fourth-order valence-corrected chi connectivity index (χ4v) is 3.90. The van der Waals surface area contributed by atoms with Gasteiger partial charge in [0.15, 0.2) is 0 Å². The molecule has 1 aromatic rings. The molecule has 3 amide bonds. The summed E-state index contributed by atoms with van der Waals surface area (Å²) in [5, 5.41) is 5.63. The first-order valence-electron chi connectivity index (χ1n) is 12.4. The molecule has 0 saturated heterocycles. The lowest BCUT2D eigenvalue weighted by molar-refractivity contribution is -0.138. The molecule has 7 nitrogen and oxygen atoms in total. The Hall–Kier alpha value is -3.01. The van der Waals surface area contributed by atoms with E-state index in [1.165, 1.54) is 0 Å². The minimum absolute atomic E-state index is 0.0834. The van der Waals surface area contributed by atoms with Crippen LogP contribution in [0.2, 0.25) is 0 Å². The fraction of sp³-hybridized carbons (Fsp3) is 0.607. The molecule has 0 spiro atoms. The van der Waals surface area contributed by atoms with Crippen LogP contribution in [0.15, 0.2) is 18.2 Å². The van der Waals surface area contributed by atoms with E-state index in [4.69, 9.17) is 11.2 Å². The van der Waals surface area contributed by atoms with Gasteiger partial charge in [-0.1, -0.05) is 58.2 Å². The third kappa shape index (κ3) is 9.64. The number of hydrogen-bond acceptors (Lipinski definition) is 4. The van der Waals surface area contributed by atoms with Crippen molar-refractivity contribution in [3.05, 3.63) is 34.9 Å². The maximum absolute atomic E-state index is 13.8. The van der Waals surface area contributed by atoms with Crippen LogP contribution in [0.1, 0.15) is 90.0 Å². The minimum atomic E-state index is -1.02. The zero-order valence-electron chi connectivity index (χ0n) is 22.7. The Morgan fingerprint density at radius 2 is 1.71 bits per heavy atom. The van der Waals surface area contributed by atoms with Crippen molar-refractivity contribution in [2.24, 2.45) is 5.92 Å². The summed E-state index contributed by atoms with van der Waals surface area (Å²) in [5.41, 5.74) is 1.67. The molecule has 0 fully saturated rings. The lowest BCUT2D eigenvalue weighted by atomic mass is 9.93. The van der Waals surface area contributed by atoms with Crippen LogP contribution < -0.4 is 10.6 Å². The molecule has 0 aromatic heterocycles. The van der Waals surface area contributed by atoms with Crippen molar-refractivity contribution in [2.75, 3.05) is 6.54 Å². The van der Waals surface area contributed by atoms with E-state index in [1.807, 2.05) is 45.9 Å². The van der Waals surface area contributed by atoms with Gasteiger partial charge in [-0.05, 0) is 70.1 Å². The first-order chi connectivity index (χ1) is 16.3. The molecule has 1 rings (SSSR count). The van der Waals surface area contributed by atoms with Crippen LogP contribution in [0.4, 0.5) is 4.79 Å². The Balaban J connectivity index is 3.40. The summed E-state index contributed by atoms with van der Waals surface area (Å²) >= 11 is 0. The number of ether oxygens (including phenoxy) is 1. The molecule has 194 valence electrons. The lowest BCUT2D eigenvalue weighted by Gasteiger charge is -2.32. The molecule has 0 radical (unpaired) electrons. The Labute approximate surface area is 211 Å². The largest absolute Gasteiger partial charge is 0.444 e. The van der Waals surface area contributed by atoms with Crippen LogP contribution in [-0.2, 0) is 14.3 Å². The zero-order chi connectivity index (χ0) is 26.8. The maximum Gasteiger partial charge on any atom is 0.408 e. The summed E-state index contributed by atoms with van der Waals surface area (Å²) in [6, 6.07) is 6.16. The van der Waals surface area contributed by atoms with E-state index in [0.717, 1.165) is 35.3 Å². The fourth-order valence-electron chi connectivity index (χ4n) is 3.90. The number of alkyl carbamates (subject to hydrolysis) is 1. The van der Waals surface area contributed by atoms with Crippen molar-refractivity contribution < 1.29 is 19.1 Å². The molecule has 0 heterocycles. The van der Waals surface area contributed by atoms with Crippen LogP contribution >= 0.6 is 0 Å². The summed E-state index contributed by atoms with van der Waals surface area (Å²) in [6.07, 6.45) is 8.34. The first kappa shape index (κ1) is 30.0. The van der Waals surface area contributed by atoms with Crippen molar-refractivity contribution >= 4 is 17.9 Å². The number of rotatable bonds is 11. The summed E-state index contributed by atoms with van der Waals surface area (Å²) in [6.45, 7) is 15.5. The normalized spacial score (nSPS) is 12.9. The first-order valence-corrected chi connectivity index (χ1v) is 12.4. The number of nitrogens with zero attached hydrogens (tertiary/aromatic N) is 1. The minimum Gasteiger partial charge on any atom is -0.444 e. The topological polar surface area (TPSA) is 87.7 Å². The predicted molar refractivity (Wildman–Crippen MR) is 139 cm³/mol. The molecular formula is C28H43N3O4. The average molecular weight is 486 g/mol. The summed E-state index contributed by atoms with van der Waals surface area (Å²) in [4.78, 5) is 40.9. The van der Waals surface area contributed by atoms with Crippen molar-refractivity contribution in [2.45, 2.75) is 98.8 Å². The smallest absolute Gasteiger partial charge is 0.408 e. The Kier molecular flexibility index (Phi) is 11.8. The molecule has 0 aliphatic rings. The van der Waals surface area contributed by atoms with Gasteiger partial charge in [0.1, 0.15) is 17.7 Å². The van der Waals surface area contributed by atoms with Gasteiger partial charge in [-0.3, -0.25) is 14.5 Å². The van der Waals surface area contributed by atoms with E-state index in [-0.39, 0.29) is 11.8 Å². The molecule has 35 heavy (non-hydrogen) atoms. The molecule has 0 aliphatic heterocycles. The predicted octanol–water partition coefficient (Wildman–Crippen LogP) is 5.01. The number of amides is 3. The van der Waals surface area contributed by atoms with Crippen LogP contribution in [0, 0.1) is 32.2 Å². The number of unbranched alkanes of at least 4 members (excludes halogenated alkanes) is 2. The van der Waals surface area contributed by atoms with E-state index in [2.05, 4.69) is 23.6 Å². The standard InChI is InChI=1S/C28H43N3O4/c1-10-12-13-17-29-25(32)24(23-20(5)15-14-16-21(23)6)31(11-2)26(33)22(18-19(3)4)30-27(34)35-28(7,8)9/h2,14-16,19,22,24H,10,12-13,17-18H2,1,3-9H3,(H,29,32)(H,30,34). The monoisotopic (exact) mass is 485 g/mol. The van der Waals surface area contributed by atoms with Crippen LogP contribution in [-0.4, -0.2) is 41.0 Å². The van der Waals surface area contributed by atoms with Gasteiger partial charge in [-0.25, -0.2) is 4.79 Å². The molecule has 0 aliphatic carbocycles. The molecule has 0 bridgehead atoms. The van der Waals surface area contributed by atoms with Crippen molar-refractivity contribution in [3.63, 3.8) is 0 Å². The molecular weight excluding hydrogens is 442 g/mol. The van der Waals surface area contributed by atoms with Gasteiger partial charge in [0.25, 0.3) is 5.91 Å². The van der Waals surface area contributed by atoms with Gasteiger partial charge in [0, 0.05) is 12.6 Å². The Morgan fingerprint density at radius 1 is 1.11 bits per heavy atom. The molecule has 2 unspecified atom stereocenters. The molecule has 2 atom stereocenters. The van der Waals surface area contributed by atoms with Gasteiger partial charge in [0.05, 0.1) is 0 Å². The molecule has 1 aromatic carbocycles. The summed E-state index contributed by atoms with van der Waals surface area (Å²) in [5.74, 6) is -0.784. The Morgan fingerprint density at radius 3 is 2.20 bits per heavy atom. The van der Waals surface area contributed by atoms with Crippen LogP contribution in [0.3, 0.4) is 0 Å². The highest BCUT2D eigenvalue weighted by atomic mass is 16.6. The maximum atomic E-state index is 13.8. The van der Waals surface area contributed by atoms with Crippen LogP contribution in [0.25, 0.3) is 0 Å². The molecule has 7 heteroatoms. The van der Waals surface area contributed by atoms with E-state index < -0.39 is 29.7 Å². The summed E-state index contributed by atoms with van der Waals surface area (Å²) in [7, 11) is 0. The quantitative estimate of drug-likeness (QED) is 0.262. The zero-order valence-corrected chi connectivity index (χ0v) is 22.7. The van der Waals surface area contributed by atoms with Gasteiger partial charge >= 0.3 is 6.09 Å². The number of carbonyl (C=O) groups is 3. The second-order valence-electron chi connectivity index (χ2n) is 10.4. The van der Waals surface area contributed by atoms with Gasteiger partial charge in [-0.15, -0.1) is 0 Å². The average Bonchev–Trinajstić information content (AvgIpc) is 2.73. The molecule has 2 N–H and O–H groups in total. The third-order valence-corrected chi connectivity index (χ3v) is 5.47.